The first kappa shape index (κ1) is 7.21. The van der Waals surface area contributed by atoms with Crippen LogP contribution in [0.5, 0.6) is 0 Å². The van der Waals surface area contributed by atoms with Crippen LogP contribution in [0.15, 0.2) is 6.07 Å². The van der Waals surface area contributed by atoms with Gasteiger partial charge in [0, 0.05) is 5.69 Å². The van der Waals surface area contributed by atoms with Gasteiger partial charge in [-0.3, -0.25) is 0 Å². The van der Waals surface area contributed by atoms with Gasteiger partial charge < -0.3 is 0 Å². The van der Waals surface area contributed by atoms with E-state index in [1.54, 1.807) is 0 Å². The molecule has 1 aromatic heterocycles. The van der Waals surface area contributed by atoms with Crippen LogP contribution in [0.25, 0.3) is 0 Å². The van der Waals surface area contributed by atoms with Crippen molar-refractivity contribution in [2.75, 3.05) is 0 Å². The van der Waals surface area contributed by atoms with E-state index >= 15 is 0 Å². The molecule has 9 heavy (non-hydrogen) atoms. The van der Waals surface area contributed by atoms with Gasteiger partial charge in [0.25, 0.3) is 0 Å². The molecule has 2 nitrogen and oxygen atoms in total. The van der Waals surface area contributed by atoms with Gasteiger partial charge >= 0.3 is 0 Å². The standard InChI is InChI=1S/C5H4ClIN2/c1-3-2-4(7)9-5(6)8-3/h2H,1H3. The fourth-order valence-electron chi connectivity index (χ4n) is 0.496. The van der Waals surface area contributed by atoms with Crippen molar-refractivity contribution in [2.24, 2.45) is 0 Å². The third kappa shape index (κ3) is 2.06. The quantitative estimate of drug-likeness (QED) is 0.402. The summed E-state index contributed by atoms with van der Waals surface area (Å²) in [5.41, 5.74) is 0.902. The van der Waals surface area contributed by atoms with E-state index in [1.165, 1.54) is 0 Å². The average molecular weight is 254 g/mol. The van der Waals surface area contributed by atoms with Crippen LogP contribution in [-0.2, 0) is 0 Å². The molecule has 0 saturated carbocycles. The zero-order valence-corrected chi connectivity index (χ0v) is 7.64. The molecule has 0 N–H and O–H groups in total. The molecule has 0 amide bonds. The highest BCUT2D eigenvalue weighted by atomic mass is 127. The van der Waals surface area contributed by atoms with Gasteiger partial charge in [-0.1, -0.05) is 0 Å². The van der Waals surface area contributed by atoms with E-state index in [0.29, 0.717) is 5.28 Å². The zero-order valence-electron chi connectivity index (χ0n) is 4.73. The van der Waals surface area contributed by atoms with Crippen LogP contribution in [0.4, 0.5) is 0 Å². The Balaban J connectivity index is 3.17. The lowest BCUT2D eigenvalue weighted by molar-refractivity contribution is 1.08. The average Bonchev–Trinajstić information content (AvgIpc) is 1.59. The Hall–Kier alpha value is 0.1000. The Kier molecular flexibility index (Phi) is 2.23. The van der Waals surface area contributed by atoms with Gasteiger partial charge in [-0.15, -0.1) is 0 Å². The summed E-state index contributed by atoms with van der Waals surface area (Å²) in [6, 6.07) is 1.87. The van der Waals surface area contributed by atoms with Gasteiger partial charge in [0.15, 0.2) is 0 Å². The summed E-state index contributed by atoms with van der Waals surface area (Å²) in [6.07, 6.45) is 0. The third-order valence-corrected chi connectivity index (χ3v) is 1.52. The van der Waals surface area contributed by atoms with Crippen molar-refractivity contribution >= 4 is 34.2 Å². The summed E-state index contributed by atoms with van der Waals surface area (Å²) in [6.45, 7) is 1.88. The molecule has 0 aliphatic heterocycles. The predicted octanol–water partition coefficient (Wildman–Crippen LogP) is 2.04. The number of hydrogen-bond donors (Lipinski definition) is 0. The van der Waals surface area contributed by atoms with Gasteiger partial charge in [0.2, 0.25) is 5.28 Å². The van der Waals surface area contributed by atoms with Crippen molar-refractivity contribution < 1.29 is 0 Å². The molecule has 0 saturated heterocycles. The summed E-state index contributed by atoms with van der Waals surface area (Å²) in [7, 11) is 0. The SMILES string of the molecule is Cc1cc(I)nc(Cl)n1. The Bertz CT molecular complexity index is 176. The molecule has 4 heteroatoms. The van der Waals surface area contributed by atoms with E-state index in [9.17, 15) is 0 Å². The van der Waals surface area contributed by atoms with Crippen molar-refractivity contribution in [1.29, 1.82) is 0 Å². The van der Waals surface area contributed by atoms with Crippen molar-refractivity contribution in [1.82, 2.24) is 9.97 Å². The minimum Gasteiger partial charge on any atom is -0.223 e. The highest BCUT2D eigenvalue weighted by molar-refractivity contribution is 14.1. The monoisotopic (exact) mass is 254 g/mol. The van der Waals surface area contributed by atoms with Gasteiger partial charge in [-0.25, -0.2) is 9.97 Å². The molecule has 1 heterocycles. The first-order valence-electron chi connectivity index (χ1n) is 2.35. The van der Waals surface area contributed by atoms with Crippen molar-refractivity contribution in [3.8, 4) is 0 Å². The predicted molar refractivity (Wildman–Crippen MR) is 44.5 cm³/mol. The lowest BCUT2D eigenvalue weighted by Gasteiger charge is -1.92. The topological polar surface area (TPSA) is 25.8 Å². The molecule has 0 aliphatic carbocycles. The fourth-order valence-corrected chi connectivity index (χ4v) is 1.54. The number of rotatable bonds is 0. The van der Waals surface area contributed by atoms with Crippen LogP contribution in [-0.4, -0.2) is 9.97 Å². The maximum Gasteiger partial charge on any atom is 0.223 e. The van der Waals surface area contributed by atoms with Crippen LogP contribution < -0.4 is 0 Å². The Morgan fingerprint density at radius 3 is 2.67 bits per heavy atom. The number of aryl methyl sites for hydroxylation is 1. The van der Waals surface area contributed by atoms with E-state index in [0.717, 1.165) is 9.39 Å². The van der Waals surface area contributed by atoms with Crippen molar-refractivity contribution in [2.45, 2.75) is 6.92 Å². The number of aromatic nitrogens is 2. The Morgan fingerprint density at radius 1 is 1.56 bits per heavy atom. The lowest BCUT2D eigenvalue weighted by atomic mass is 10.5. The van der Waals surface area contributed by atoms with Gasteiger partial charge in [0.05, 0.1) is 0 Å². The van der Waals surface area contributed by atoms with Crippen LogP contribution in [0.1, 0.15) is 5.69 Å². The second-order valence-electron chi connectivity index (χ2n) is 1.60. The van der Waals surface area contributed by atoms with Gasteiger partial charge in [-0.05, 0) is 47.2 Å². The molecule has 0 fully saturated rings. The van der Waals surface area contributed by atoms with E-state index in [4.69, 9.17) is 11.6 Å². The van der Waals surface area contributed by atoms with E-state index < -0.39 is 0 Å². The molecule has 0 bridgehead atoms. The Morgan fingerprint density at radius 2 is 2.22 bits per heavy atom. The normalized spacial score (nSPS) is 9.67. The molecule has 0 atom stereocenters. The second kappa shape index (κ2) is 2.79. The lowest BCUT2D eigenvalue weighted by Crippen LogP contribution is -1.87. The zero-order chi connectivity index (χ0) is 6.85. The first-order valence-corrected chi connectivity index (χ1v) is 3.81. The summed E-state index contributed by atoms with van der Waals surface area (Å²) >= 11 is 7.62. The first-order chi connectivity index (χ1) is 4.18. The third-order valence-electron chi connectivity index (χ3n) is 0.796. The summed E-state index contributed by atoms with van der Waals surface area (Å²) < 4.78 is 0.880. The molecule has 1 aromatic rings. The molecule has 0 aliphatic rings. The number of halogens is 2. The minimum atomic E-state index is 0.319. The maximum atomic E-state index is 5.52. The summed E-state index contributed by atoms with van der Waals surface area (Å²) in [4.78, 5) is 7.76. The number of hydrogen-bond acceptors (Lipinski definition) is 2. The van der Waals surface area contributed by atoms with Crippen molar-refractivity contribution in [3.63, 3.8) is 0 Å². The van der Waals surface area contributed by atoms with Crippen LogP contribution in [0.3, 0.4) is 0 Å². The van der Waals surface area contributed by atoms with Crippen LogP contribution in [0, 0.1) is 10.6 Å². The number of nitrogens with zero attached hydrogens (tertiary/aromatic N) is 2. The second-order valence-corrected chi connectivity index (χ2v) is 3.04. The molecular formula is C5H4ClIN2. The van der Waals surface area contributed by atoms with Crippen LogP contribution >= 0.6 is 34.2 Å². The van der Waals surface area contributed by atoms with E-state index in [-0.39, 0.29) is 0 Å². The molecular weight excluding hydrogens is 250 g/mol. The molecule has 48 valence electrons. The molecule has 0 unspecified atom stereocenters. The summed E-state index contributed by atoms with van der Waals surface area (Å²) in [5, 5.41) is 0.319. The molecule has 0 radical (unpaired) electrons. The largest absolute Gasteiger partial charge is 0.223 e. The van der Waals surface area contributed by atoms with Gasteiger partial charge in [0.1, 0.15) is 3.70 Å². The van der Waals surface area contributed by atoms with E-state index in [2.05, 4.69) is 32.6 Å². The maximum absolute atomic E-state index is 5.52. The van der Waals surface area contributed by atoms with Crippen molar-refractivity contribution in [3.05, 3.63) is 20.7 Å². The van der Waals surface area contributed by atoms with Gasteiger partial charge in [-0.2, -0.15) is 0 Å². The smallest absolute Gasteiger partial charge is 0.223 e. The Labute approximate surface area is 71.8 Å². The molecule has 1 rings (SSSR count). The minimum absolute atomic E-state index is 0.319. The highest BCUT2D eigenvalue weighted by Crippen LogP contribution is 2.06. The van der Waals surface area contributed by atoms with Crippen LogP contribution in [0.2, 0.25) is 5.28 Å². The summed E-state index contributed by atoms with van der Waals surface area (Å²) in [5.74, 6) is 0. The highest BCUT2D eigenvalue weighted by Gasteiger charge is 1.93. The molecule has 0 aromatic carbocycles. The molecule has 0 spiro atoms. The van der Waals surface area contributed by atoms with E-state index in [1.807, 2.05) is 13.0 Å². The fraction of sp³-hybridized carbons (Fsp3) is 0.200.